The third kappa shape index (κ3) is 2.98. The Bertz CT molecular complexity index is 614. The van der Waals surface area contributed by atoms with Gasteiger partial charge in [-0.3, -0.25) is 0 Å². The minimum atomic E-state index is -0.616. The zero-order chi connectivity index (χ0) is 13.8. The summed E-state index contributed by atoms with van der Waals surface area (Å²) in [5.41, 5.74) is 7.19. The second kappa shape index (κ2) is 5.34. The minimum Gasteiger partial charge on any atom is -0.463 e. The van der Waals surface area contributed by atoms with Crippen molar-refractivity contribution < 1.29 is 14.3 Å². The van der Waals surface area contributed by atoms with Crippen LogP contribution in [-0.2, 0) is 4.74 Å². The molecule has 1 aromatic heterocycles. The monoisotopic (exact) mass is 259 g/mol. The molecule has 0 atom stereocenters. The summed E-state index contributed by atoms with van der Waals surface area (Å²) >= 11 is 0. The Labute approximate surface area is 110 Å². The SMILES string of the molecule is COC(=O)c1nccc(Oc2cc(N)ccc2C)n1. The van der Waals surface area contributed by atoms with Crippen LogP contribution in [0.2, 0.25) is 0 Å². The summed E-state index contributed by atoms with van der Waals surface area (Å²) in [4.78, 5) is 19.1. The average Bonchev–Trinajstić information content (AvgIpc) is 2.42. The van der Waals surface area contributed by atoms with Crippen molar-refractivity contribution in [3.8, 4) is 11.6 Å². The lowest BCUT2D eigenvalue weighted by atomic mass is 10.2. The normalized spacial score (nSPS) is 10.0. The van der Waals surface area contributed by atoms with Gasteiger partial charge in [0, 0.05) is 24.0 Å². The predicted molar refractivity (Wildman–Crippen MR) is 69.0 cm³/mol. The fourth-order valence-corrected chi connectivity index (χ4v) is 1.43. The molecule has 1 heterocycles. The van der Waals surface area contributed by atoms with Crippen LogP contribution < -0.4 is 10.5 Å². The average molecular weight is 259 g/mol. The topological polar surface area (TPSA) is 87.3 Å². The van der Waals surface area contributed by atoms with Crippen LogP contribution in [0.25, 0.3) is 0 Å². The van der Waals surface area contributed by atoms with Crippen molar-refractivity contribution in [1.82, 2.24) is 9.97 Å². The zero-order valence-corrected chi connectivity index (χ0v) is 10.6. The van der Waals surface area contributed by atoms with Crippen molar-refractivity contribution in [2.45, 2.75) is 6.92 Å². The van der Waals surface area contributed by atoms with E-state index in [4.69, 9.17) is 10.5 Å². The highest BCUT2D eigenvalue weighted by Gasteiger charge is 2.11. The summed E-state index contributed by atoms with van der Waals surface area (Å²) in [7, 11) is 1.27. The third-order valence-electron chi connectivity index (χ3n) is 2.42. The maximum absolute atomic E-state index is 11.3. The Kier molecular flexibility index (Phi) is 3.61. The standard InChI is InChI=1S/C13H13N3O3/c1-8-3-4-9(14)7-10(8)19-11-5-6-15-12(16-11)13(17)18-2/h3-7H,14H2,1-2H3. The van der Waals surface area contributed by atoms with Crippen LogP contribution in [-0.4, -0.2) is 23.0 Å². The first-order valence-corrected chi connectivity index (χ1v) is 5.55. The van der Waals surface area contributed by atoms with Crippen LogP contribution in [0.1, 0.15) is 16.2 Å². The van der Waals surface area contributed by atoms with Crippen LogP contribution in [0.4, 0.5) is 5.69 Å². The summed E-state index contributed by atoms with van der Waals surface area (Å²) < 4.78 is 10.1. The molecular weight excluding hydrogens is 246 g/mol. The number of hydrogen-bond donors (Lipinski definition) is 1. The number of carbonyl (C=O) groups excluding carboxylic acids is 1. The van der Waals surface area contributed by atoms with E-state index in [1.165, 1.54) is 13.3 Å². The van der Waals surface area contributed by atoms with Crippen molar-refractivity contribution in [3.05, 3.63) is 41.9 Å². The molecule has 0 radical (unpaired) electrons. The predicted octanol–water partition coefficient (Wildman–Crippen LogP) is 1.95. The van der Waals surface area contributed by atoms with Gasteiger partial charge in [0.2, 0.25) is 11.7 Å². The van der Waals surface area contributed by atoms with Gasteiger partial charge in [0.15, 0.2) is 0 Å². The molecule has 0 aliphatic heterocycles. The molecule has 6 heteroatoms. The van der Waals surface area contributed by atoms with Gasteiger partial charge in [-0.1, -0.05) is 6.07 Å². The van der Waals surface area contributed by atoms with E-state index in [0.29, 0.717) is 11.4 Å². The first-order chi connectivity index (χ1) is 9.10. The summed E-state index contributed by atoms with van der Waals surface area (Å²) in [5, 5.41) is 0. The van der Waals surface area contributed by atoms with E-state index in [-0.39, 0.29) is 11.7 Å². The van der Waals surface area contributed by atoms with Gasteiger partial charge in [-0.15, -0.1) is 0 Å². The number of aryl methyl sites for hydroxylation is 1. The molecule has 2 N–H and O–H groups in total. The molecule has 2 rings (SSSR count). The fraction of sp³-hybridized carbons (Fsp3) is 0.154. The van der Waals surface area contributed by atoms with Crippen LogP contribution in [0.3, 0.4) is 0 Å². The summed E-state index contributed by atoms with van der Waals surface area (Å²) in [6.45, 7) is 1.89. The van der Waals surface area contributed by atoms with Gasteiger partial charge >= 0.3 is 5.97 Å². The second-order valence-electron chi connectivity index (χ2n) is 3.84. The minimum absolute atomic E-state index is 0.0541. The highest BCUT2D eigenvalue weighted by Crippen LogP contribution is 2.25. The molecule has 0 spiro atoms. The number of hydrogen-bond acceptors (Lipinski definition) is 6. The number of benzene rings is 1. The van der Waals surface area contributed by atoms with Gasteiger partial charge in [0.05, 0.1) is 7.11 Å². The van der Waals surface area contributed by atoms with Gasteiger partial charge < -0.3 is 15.2 Å². The molecule has 0 aliphatic carbocycles. The van der Waals surface area contributed by atoms with Crippen molar-refractivity contribution >= 4 is 11.7 Å². The lowest BCUT2D eigenvalue weighted by Crippen LogP contribution is -2.07. The number of ether oxygens (including phenoxy) is 2. The van der Waals surface area contributed by atoms with Crippen molar-refractivity contribution in [1.29, 1.82) is 0 Å². The maximum Gasteiger partial charge on any atom is 0.376 e. The highest BCUT2D eigenvalue weighted by atomic mass is 16.5. The Morgan fingerprint density at radius 2 is 2.11 bits per heavy atom. The fourth-order valence-electron chi connectivity index (χ4n) is 1.43. The second-order valence-corrected chi connectivity index (χ2v) is 3.84. The Hall–Kier alpha value is -2.63. The molecule has 0 fully saturated rings. The molecule has 0 bridgehead atoms. The molecule has 2 aromatic rings. The van der Waals surface area contributed by atoms with Gasteiger partial charge in [-0.05, 0) is 18.6 Å². The van der Waals surface area contributed by atoms with Crippen LogP contribution in [0, 0.1) is 6.92 Å². The number of carbonyl (C=O) groups is 1. The summed E-state index contributed by atoms with van der Waals surface area (Å²) in [6, 6.07) is 6.86. The van der Waals surface area contributed by atoms with E-state index in [0.717, 1.165) is 5.56 Å². The molecule has 0 saturated heterocycles. The number of nitrogen functional groups attached to an aromatic ring is 1. The first kappa shape index (κ1) is 12.8. The largest absolute Gasteiger partial charge is 0.463 e. The lowest BCUT2D eigenvalue weighted by molar-refractivity contribution is 0.0585. The third-order valence-corrected chi connectivity index (χ3v) is 2.42. The van der Waals surface area contributed by atoms with E-state index in [1.807, 2.05) is 13.0 Å². The van der Waals surface area contributed by atoms with E-state index in [2.05, 4.69) is 14.7 Å². The van der Waals surface area contributed by atoms with Gasteiger partial charge in [0.25, 0.3) is 0 Å². The molecule has 6 nitrogen and oxygen atoms in total. The number of methoxy groups -OCH3 is 1. The van der Waals surface area contributed by atoms with Crippen LogP contribution in [0.5, 0.6) is 11.6 Å². The van der Waals surface area contributed by atoms with E-state index in [9.17, 15) is 4.79 Å². The van der Waals surface area contributed by atoms with E-state index in [1.54, 1.807) is 18.2 Å². The first-order valence-electron chi connectivity index (χ1n) is 5.55. The molecule has 0 aliphatic rings. The molecular formula is C13H13N3O3. The Balaban J connectivity index is 2.28. The molecule has 19 heavy (non-hydrogen) atoms. The summed E-state index contributed by atoms with van der Waals surface area (Å²) in [6.07, 6.45) is 1.43. The van der Waals surface area contributed by atoms with Crippen LogP contribution >= 0.6 is 0 Å². The number of rotatable bonds is 3. The lowest BCUT2D eigenvalue weighted by Gasteiger charge is -2.08. The quantitative estimate of drug-likeness (QED) is 0.669. The van der Waals surface area contributed by atoms with Gasteiger partial charge in [0.1, 0.15) is 5.75 Å². The molecule has 98 valence electrons. The highest BCUT2D eigenvalue weighted by molar-refractivity contribution is 5.85. The number of aromatic nitrogens is 2. The maximum atomic E-state index is 11.3. The molecule has 0 amide bonds. The van der Waals surface area contributed by atoms with Crippen molar-refractivity contribution in [2.24, 2.45) is 0 Å². The van der Waals surface area contributed by atoms with Gasteiger partial charge in [-0.25, -0.2) is 9.78 Å². The number of nitrogens with zero attached hydrogens (tertiary/aromatic N) is 2. The molecule has 1 aromatic carbocycles. The van der Waals surface area contributed by atoms with Crippen molar-refractivity contribution in [3.63, 3.8) is 0 Å². The molecule has 0 unspecified atom stereocenters. The number of nitrogens with two attached hydrogens (primary N) is 1. The van der Waals surface area contributed by atoms with Crippen molar-refractivity contribution in [2.75, 3.05) is 12.8 Å². The molecule has 0 saturated carbocycles. The number of anilines is 1. The van der Waals surface area contributed by atoms with E-state index >= 15 is 0 Å². The smallest absolute Gasteiger partial charge is 0.376 e. The zero-order valence-electron chi connectivity index (χ0n) is 10.6. The Morgan fingerprint density at radius 1 is 1.32 bits per heavy atom. The van der Waals surface area contributed by atoms with E-state index < -0.39 is 5.97 Å². The number of esters is 1. The summed E-state index contributed by atoms with van der Waals surface area (Å²) in [5.74, 6) is 0.162. The van der Waals surface area contributed by atoms with Crippen LogP contribution in [0.15, 0.2) is 30.5 Å². The Morgan fingerprint density at radius 3 is 2.84 bits per heavy atom. The van der Waals surface area contributed by atoms with Gasteiger partial charge in [-0.2, -0.15) is 4.98 Å².